The van der Waals surface area contributed by atoms with Gasteiger partial charge in [0.05, 0.1) is 5.56 Å². The number of halogens is 4. The smallest absolute Gasteiger partial charge is 0.267 e. The largest absolute Gasteiger partial charge is 0.282 e. The first kappa shape index (κ1) is 9.50. The fourth-order valence-electron chi connectivity index (χ4n) is 0.752. The van der Waals surface area contributed by atoms with Crippen molar-refractivity contribution < 1.29 is 22.4 Å². The van der Waals surface area contributed by atoms with E-state index in [2.05, 4.69) is 0 Å². The third kappa shape index (κ3) is 1.61. The average molecular weight is 193 g/mol. The fourth-order valence-corrected chi connectivity index (χ4v) is 0.752. The van der Waals surface area contributed by atoms with E-state index in [1.807, 2.05) is 0 Å². The lowest BCUT2D eigenvalue weighted by molar-refractivity contribution is 0.0854. The number of amides is 1. The number of nitrogens with one attached hydrogen (secondary N) is 1. The summed E-state index contributed by atoms with van der Waals surface area (Å²) >= 11 is 0. The lowest BCUT2D eigenvalue weighted by atomic mass is 10.2. The summed E-state index contributed by atoms with van der Waals surface area (Å²) in [6.45, 7) is 0. The van der Waals surface area contributed by atoms with Crippen LogP contribution >= 0.6 is 0 Å². The van der Waals surface area contributed by atoms with Crippen LogP contribution in [0.5, 0.6) is 0 Å². The summed E-state index contributed by atoms with van der Waals surface area (Å²) in [4.78, 5) is 10.5. The second kappa shape index (κ2) is 3.42. The van der Waals surface area contributed by atoms with Gasteiger partial charge in [-0.1, -0.05) is 4.48 Å². The molecular weight excluding hydrogens is 190 g/mol. The Morgan fingerprint density at radius 2 is 1.77 bits per heavy atom. The molecule has 0 unspecified atom stereocenters. The Balaban J connectivity index is 3.26. The zero-order valence-corrected chi connectivity index (χ0v) is 6.07. The van der Waals surface area contributed by atoms with E-state index in [0.29, 0.717) is 17.7 Å². The SMILES string of the molecule is O=C(NF)c1ccc(F)c(F)c1F. The van der Waals surface area contributed by atoms with Crippen molar-refractivity contribution in [2.24, 2.45) is 0 Å². The Morgan fingerprint density at radius 1 is 1.15 bits per heavy atom. The topological polar surface area (TPSA) is 29.1 Å². The molecule has 0 spiro atoms. The Kier molecular flexibility index (Phi) is 2.50. The van der Waals surface area contributed by atoms with Gasteiger partial charge in [0.2, 0.25) is 0 Å². The summed E-state index contributed by atoms with van der Waals surface area (Å²) in [6.07, 6.45) is 0. The summed E-state index contributed by atoms with van der Waals surface area (Å²) in [6, 6.07) is 1.17. The van der Waals surface area contributed by atoms with E-state index in [9.17, 15) is 22.4 Å². The van der Waals surface area contributed by atoms with Crippen molar-refractivity contribution in [1.82, 2.24) is 5.54 Å². The van der Waals surface area contributed by atoms with Gasteiger partial charge in [-0.25, -0.2) is 13.2 Å². The maximum absolute atomic E-state index is 12.7. The van der Waals surface area contributed by atoms with Crippen LogP contribution in [0.4, 0.5) is 17.7 Å². The van der Waals surface area contributed by atoms with Gasteiger partial charge in [0.25, 0.3) is 5.91 Å². The molecule has 1 aromatic rings. The van der Waals surface area contributed by atoms with Gasteiger partial charge >= 0.3 is 0 Å². The van der Waals surface area contributed by atoms with Gasteiger partial charge in [-0.3, -0.25) is 4.79 Å². The molecule has 0 saturated heterocycles. The minimum absolute atomic E-state index is 0.531. The van der Waals surface area contributed by atoms with E-state index in [1.54, 1.807) is 0 Å². The monoisotopic (exact) mass is 193 g/mol. The summed E-state index contributed by atoms with van der Waals surface area (Å²) in [5.41, 5.74) is -0.287. The second-order valence-electron chi connectivity index (χ2n) is 2.15. The molecule has 1 rings (SSSR count). The lowest BCUT2D eigenvalue weighted by Gasteiger charge is -2.00. The first-order valence-corrected chi connectivity index (χ1v) is 3.12. The van der Waals surface area contributed by atoms with Crippen molar-refractivity contribution in [3.05, 3.63) is 35.1 Å². The van der Waals surface area contributed by atoms with Crippen LogP contribution in [0, 0.1) is 17.5 Å². The number of hydrogen-bond acceptors (Lipinski definition) is 1. The van der Waals surface area contributed by atoms with Crippen LogP contribution < -0.4 is 5.54 Å². The molecule has 0 aliphatic carbocycles. The molecular formula is C7H3F4NO. The minimum atomic E-state index is -1.80. The summed E-state index contributed by atoms with van der Waals surface area (Å²) in [5.74, 6) is -6.42. The molecule has 0 radical (unpaired) electrons. The molecule has 0 aliphatic heterocycles. The molecule has 1 aromatic carbocycles. The molecule has 0 atom stereocenters. The van der Waals surface area contributed by atoms with E-state index in [0.717, 1.165) is 0 Å². The van der Waals surface area contributed by atoms with Crippen molar-refractivity contribution in [1.29, 1.82) is 0 Å². The van der Waals surface area contributed by atoms with Crippen molar-refractivity contribution in [3.63, 3.8) is 0 Å². The van der Waals surface area contributed by atoms with Crippen molar-refractivity contribution >= 4 is 5.91 Å². The number of rotatable bonds is 1. The first-order chi connectivity index (χ1) is 6.07. The molecule has 0 aromatic heterocycles. The molecule has 1 N–H and O–H groups in total. The molecule has 6 heteroatoms. The maximum Gasteiger partial charge on any atom is 0.282 e. The number of carbonyl (C=O) groups is 1. The highest BCUT2D eigenvalue weighted by Gasteiger charge is 2.18. The molecule has 0 fully saturated rings. The van der Waals surface area contributed by atoms with Crippen LogP contribution in [0.2, 0.25) is 0 Å². The van der Waals surface area contributed by atoms with Gasteiger partial charge in [-0.05, 0) is 12.1 Å². The van der Waals surface area contributed by atoms with Gasteiger partial charge in [-0.2, -0.15) is 5.54 Å². The molecule has 70 valence electrons. The molecule has 0 heterocycles. The summed E-state index contributed by atoms with van der Waals surface area (Å²) in [5, 5.41) is 0. The molecule has 2 nitrogen and oxygen atoms in total. The van der Waals surface area contributed by atoms with Crippen LogP contribution in [0.1, 0.15) is 10.4 Å². The van der Waals surface area contributed by atoms with Crippen LogP contribution in [0.25, 0.3) is 0 Å². The second-order valence-corrected chi connectivity index (χ2v) is 2.15. The summed E-state index contributed by atoms with van der Waals surface area (Å²) < 4.78 is 48.9. The van der Waals surface area contributed by atoms with E-state index in [1.165, 1.54) is 0 Å². The first-order valence-electron chi connectivity index (χ1n) is 3.12. The van der Waals surface area contributed by atoms with Crippen molar-refractivity contribution in [2.45, 2.75) is 0 Å². The standard InChI is InChI=1S/C7H3F4NO/c8-4-2-1-3(7(13)12-11)5(9)6(4)10/h1-2H,(H,12,13). The van der Waals surface area contributed by atoms with Crippen molar-refractivity contribution in [3.8, 4) is 0 Å². The number of benzene rings is 1. The van der Waals surface area contributed by atoms with Crippen LogP contribution in [-0.2, 0) is 0 Å². The Hall–Kier alpha value is -1.59. The highest BCUT2D eigenvalue weighted by molar-refractivity contribution is 5.93. The predicted molar refractivity (Wildman–Crippen MR) is 34.9 cm³/mol. The minimum Gasteiger partial charge on any atom is -0.267 e. The van der Waals surface area contributed by atoms with Crippen LogP contribution in [-0.4, -0.2) is 5.91 Å². The van der Waals surface area contributed by atoms with E-state index in [4.69, 9.17) is 0 Å². The molecule has 0 bridgehead atoms. The fraction of sp³-hybridized carbons (Fsp3) is 0. The lowest BCUT2D eigenvalue weighted by Crippen LogP contribution is -2.16. The third-order valence-electron chi connectivity index (χ3n) is 1.37. The van der Waals surface area contributed by atoms with Gasteiger partial charge < -0.3 is 0 Å². The number of hydrogen-bond donors (Lipinski definition) is 1. The third-order valence-corrected chi connectivity index (χ3v) is 1.37. The Labute approximate surface area is 70.1 Å². The van der Waals surface area contributed by atoms with E-state index in [-0.39, 0.29) is 0 Å². The maximum atomic E-state index is 12.7. The predicted octanol–water partition coefficient (Wildman–Crippen LogP) is 1.72. The van der Waals surface area contributed by atoms with Gasteiger partial charge in [0, 0.05) is 0 Å². The average Bonchev–Trinajstić information content (AvgIpc) is 2.13. The summed E-state index contributed by atoms with van der Waals surface area (Å²) in [7, 11) is 0. The Bertz CT molecular complexity index is 353. The Morgan fingerprint density at radius 3 is 2.31 bits per heavy atom. The molecule has 1 amide bonds. The normalized spacial score (nSPS) is 9.85. The zero-order valence-electron chi connectivity index (χ0n) is 6.07. The van der Waals surface area contributed by atoms with Gasteiger partial charge in [0.15, 0.2) is 17.5 Å². The molecule has 0 saturated carbocycles. The van der Waals surface area contributed by atoms with Gasteiger partial charge in [-0.15, -0.1) is 0 Å². The van der Waals surface area contributed by atoms with Crippen molar-refractivity contribution in [2.75, 3.05) is 0 Å². The molecule has 13 heavy (non-hydrogen) atoms. The van der Waals surface area contributed by atoms with Crippen LogP contribution in [0.15, 0.2) is 12.1 Å². The number of carbonyl (C=O) groups excluding carboxylic acids is 1. The van der Waals surface area contributed by atoms with E-state index >= 15 is 0 Å². The highest BCUT2D eigenvalue weighted by atomic mass is 19.2. The van der Waals surface area contributed by atoms with Gasteiger partial charge in [0.1, 0.15) is 0 Å². The van der Waals surface area contributed by atoms with Crippen LogP contribution in [0.3, 0.4) is 0 Å². The zero-order chi connectivity index (χ0) is 10.0. The highest BCUT2D eigenvalue weighted by Crippen LogP contribution is 2.14. The quantitative estimate of drug-likeness (QED) is 0.410. The van der Waals surface area contributed by atoms with E-state index < -0.39 is 28.9 Å². The molecule has 0 aliphatic rings.